The first-order valence-corrected chi connectivity index (χ1v) is 6.07. The fourth-order valence-electron chi connectivity index (χ4n) is 1.11. The Hall–Kier alpha value is -1.07. The quantitative estimate of drug-likeness (QED) is 0.833. The van der Waals surface area contributed by atoms with E-state index in [1.807, 2.05) is 0 Å². The number of nitrogens with one attached hydrogen (secondary N) is 1. The highest BCUT2D eigenvalue weighted by molar-refractivity contribution is 9.11. The fourth-order valence-corrected chi connectivity index (χ4v) is 2.50. The van der Waals surface area contributed by atoms with Gasteiger partial charge in [0.15, 0.2) is 0 Å². The highest BCUT2D eigenvalue weighted by Crippen LogP contribution is 2.38. The van der Waals surface area contributed by atoms with Crippen LogP contribution in [0.4, 0.5) is 18.9 Å². The third kappa shape index (κ3) is 3.71. The van der Waals surface area contributed by atoms with E-state index in [0.29, 0.717) is 0 Å². The minimum Gasteiger partial charge on any atom is -0.323 e. The first-order valence-electron chi connectivity index (χ1n) is 4.48. The molecule has 0 unspecified atom stereocenters. The molecule has 1 amide bonds. The molecule has 1 aromatic carbocycles. The lowest BCUT2D eigenvalue weighted by molar-refractivity contribution is -0.137. The Morgan fingerprint density at radius 2 is 1.83 bits per heavy atom. The first kappa shape index (κ1) is 15.0. The Labute approximate surface area is 117 Å². The molecule has 0 spiro atoms. The van der Waals surface area contributed by atoms with Gasteiger partial charge in [-0.2, -0.15) is 18.4 Å². The third-order valence-electron chi connectivity index (χ3n) is 1.87. The van der Waals surface area contributed by atoms with Crippen molar-refractivity contribution in [3.8, 4) is 6.07 Å². The summed E-state index contributed by atoms with van der Waals surface area (Å²) < 4.78 is 37.6. The number of nitrogens with zero attached hydrogens (tertiary/aromatic N) is 1. The molecule has 1 N–H and O–H groups in total. The highest BCUT2D eigenvalue weighted by Gasteiger charge is 2.31. The van der Waals surface area contributed by atoms with E-state index in [1.54, 1.807) is 6.07 Å². The molecule has 96 valence electrons. The zero-order valence-electron chi connectivity index (χ0n) is 8.61. The van der Waals surface area contributed by atoms with Crippen LogP contribution in [0.3, 0.4) is 0 Å². The third-order valence-corrected chi connectivity index (χ3v) is 3.12. The molecule has 0 fully saturated rings. The van der Waals surface area contributed by atoms with Gasteiger partial charge >= 0.3 is 6.18 Å². The van der Waals surface area contributed by atoms with Crippen molar-refractivity contribution in [1.82, 2.24) is 0 Å². The van der Waals surface area contributed by atoms with Gasteiger partial charge in [-0.1, -0.05) is 0 Å². The summed E-state index contributed by atoms with van der Waals surface area (Å²) in [6.45, 7) is 0. The Kier molecular flexibility index (Phi) is 4.76. The molecule has 0 aliphatic heterocycles. The summed E-state index contributed by atoms with van der Waals surface area (Å²) in [7, 11) is 0. The molecule has 0 atom stereocenters. The van der Waals surface area contributed by atoms with Crippen molar-refractivity contribution in [2.75, 3.05) is 5.32 Å². The molecule has 1 rings (SSSR count). The number of hydrogen-bond acceptors (Lipinski definition) is 2. The summed E-state index contributed by atoms with van der Waals surface area (Å²) in [4.78, 5) is 11.2. The lowest BCUT2D eigenvalue weighted by Crippen LogP contribution is -2.12. The molecule has 0 aromatic heterocycles. The lowest BCUT2D eigenvalue weighted by Gasteiger charge is -2.13. The van der Waals surface area contributed by atoms with Gasteiger partial charge in [0.05, 0.1) is 17.3 Å². The van der Waals surface area contributed by atoms with Crippen LogP contribution >= 0.6 is 31.9 Å². The van der Waals surface area contributed by atoms with Crippen LogP contribution < -0.4 is 5.32 Å². The van der Waals surface area contributed by atoms with Crippen LogP contribution in [-0.4, -0.2) is 5.91 Å². The van der Waals surface area contributed by atoms with Gasteiger partial charge in [0.1, 0.15) is 6.42 Å². The van der Waals surface area contributed by atoms with Crippen LogP contribution in [0.15, 0.2) is 21.1 Å². The molecule has 8 heteroatoms. The van der Waals surface area contributed by atoms with E-state index < -0.39 is 17.6 Å². The van der Waals surface area contributed by atoms with E-state index in [4.69, 9.17) is 5.26 Å². The largest absolute Gasteiger partial charge is 0.416 e. The fraction of sp³-hybridized carbons (Fsp3) is 0.200. The smallest absolute Gasteiger partial charge is 0.323 e. The maximum Gasteiger partial charge on any atom is 0.416 e. The summed E-state index contributed by atoms with van der Waals surface area (Å²) in [5.74, 6) is -0.598. The van der Waals surface area contributed by atoms with Gasteiger partial charge in [-0.15, -0.1) is 0 Å². The average Bonchev–Trinajstić information content (AvgIpc) is 2.22. The van der Waals surface area contributed by atoms with E-state index in [1.165, 1.54) is 0 Å². The number of anilines is 1. The summed E-state index contributed by atoms with van der Waals surface area (Å²) in [5.41, 5.74) is -0.692. The molecular formula is C10H5Br2F3N2O. The van der Waals surface area contributed by atoms with Crippen LogP contribution in [0, 0.1) is 11.3 Å². The zero-order valence-corrected chi connectivity index (χ0v) is 11.8. The molecule has 1 aromatic rings. The summed E-state index contributed by atoms with van der Waals surface area (Å²) in [6, 6.07) is 3.35. The first-order chi connectivity index (χ1) is 8.25. The standard InChI is InChI=1S/C10H5Br2F3N2O/c11-6-3-5(10(13,14)15)4-7(12)9(6)17-8(18)1-2-16/h3-4H,1H2,(H,17,18). The monoisotopic (exact) mass is 384 g/mol. The Bertz CT molecular complexity index is 500. The maximum absolute atomic E-state index is 12.5. The zero-order chi connectivity index (χ0) is 13.9. The minimum absolute atomic E-state index is 0.0792. The van der Waals surface area contributed by atoms with Crippen molar-refractivity contribution in [1.29, 1.82) is 5.26 Å². The number of benzene rings is 1. The molecule has 0 bridgehead atoms. The van der Waals surface area contributed by atoms with E-state index in [9.17, 15) is 18.0 Å². The molecule has 0 aliphatic rings. The number of alkyl halides is 3. The Balaban J connectivity index is 3.10. The average molecular weight is 386 g/mol. The van der Waals surface area contributed by atoms with Gasteiger partial charge in [0, 0.05) is 8.95 Å². The molecule has 0 aliphatic carbocycles. The molecule has 0 saturated carbocycles. The van der Waals surface area contributed by atoms with E-state index in [2.05, 4.69) is 37.2 Å². The van der Waals surface area contributed by atoms with E-state index in [-0.39, 0.29) is 21.1 Å². The molecule has 18 heavy (non-hydrogen) atoms. The predicted molar refractivity (Wildman–Crippen MR) is 65.7 cm³/mol. The molecular weight excluding hydrogens is 381 g/mol. The number of halogens is 5. The molecule has 0 saturated heterocycles. The molecule has 3 nitrogen and oxygen atoms in total. The second-order valence-corrected chi connectivity index (χ2v) is 4.90. The summed E-state index contributed by atoms with van der Waals surface area (Å²) in [6.07, 6.45) is -4.85. The molecule has 0 heterocycles. The maximum atomic E-state index is 12.5. The summed E-state index contributed by atoms with van der Waals surface area (Å²) in [5, 5.41) is 10.7. The van der Waals surface area contributed by atoms with E-state index in [0.717, 1.165) is 12.1 Å². The van der Waals surface area contributed by atoms with Crippen molar-refractivity contribution in [2.24, 2.45) is 0 Å². The number of nitriles is 1. The summed E-state index contributed by atoms with van der Waals surface area (Å²) >= 11 is 5.88. The second-order valence-electron chi connectivity index (χ2n) is 3.20. The van der Waals surface area contributed by atoms with Gasteiger partial charge in [-0.25, -0.2) is 0 Å². The highest BCUT2D eigenvalue weighted by atomic mass is 79.9. The normalized spacial score (nSPS) is 10.9. The molecule has 0 radical (unpaired) electrons. The Morgan fingerprint density at radius 1 is 1.33 bits per heavy atom. The van der Waals surface area contributed by atoms with Crippen molar-refractivity contribution in [3.05, 3.63) is 26.6 Å². The SMILES string of the molecule is N#CCC(=O)Nc1c(Br)cc(C(F)(F)F)cc1Br. The second kappa shape index (κ2) is 5.71. The van der Waals surface area contributed by atoms with Crippen molar-refractivity contribution in [2.45, 2.75) is 12.6 Å². The number of rotatable bonds is 2. The van der Waals surface area contributed by atoms with Crippen LogP contribution in [0.2, 0.25) is 0 Å². The van der Waals surface area contributed by atoms with Crippen LogP contribution in [0.1, 0.15) is 12.0 Å². The van der Waals surface area contributed by atoms with Gasteiger partial charge in [0.25, 0.3) is 0 Å². The number of amides is 1. The number of hydrogen-bond donors (Lipinski definition) is 1. The van der Waals surface area contributed by atoms with Crippen molar-refractivity contribution >= 4 is 43.5 Å². The van der Waals surface area contributed by atoms with Gasteiger partial charge in [0.2, 0.25) is 5.91 Å². The van der Waals surface area contributed by atoms with Crippen LogP contribution in [-0.2, 0) is 11.0 Å². The van der Waals surface area contributed by atoms with Crippen LogP contribution in [0.25, 0.3) is 0 Å². The Morgan fingerprint density at radius 3 is 2.22 bits per heavy atom. The van der Waals surface area contributed by atoms with Crippen molar-refractivity contribution in [3.63, 3.8) is 0 Å². The van der Waals surface area contributed by atoms with Gasteiger partial charge in [-0.05, 0) is 44.0 Å². The number of carbonyl (C=O) groups excluding carboxylic acids is 1. The van der Waals surface area contributed by atoms with Gasteiger partial charge < -0.3 is 5.32 Å². The van der Waals surface area contributed by atoms with Crippen LogP contribution in [0.5, 0.6) is 0 Å². The van der Waals surface area contributed by atoms with Gasteiger partial charge in [-0.3, -0.25) is 4.79 Å². The van der Waals surface area contributed by atoms with Crippen molar-refractivity contribution < 1.29 is 18.0 Å². The lowest BCUT2D eigenvalue weighted by atomic mass is 10.2. The predicted octanol–water partition coefficient (Wildman–Crippen LogP) is 4.08. The van der Waals surface area contributed by atoms with E-state index >= 15 is 0 Å². The number of carbonyl (C=O) groups is 1. The topological polar surface area (TPSA) is 52.9 Å². The minimum atomic E-state index is -4.47.